The van der Waals surface area contributed by atoms with Crippen LogP contribution in [0.3, 0.4) is 0 Å². The molecule has 6 atom stereocenters. The lowest BCUT2D eigenvalue weighted by atomic mass is 9.58. The minimum absolute atomic E-state index is 0.00697. The summed E-state index contributed by atoms with van der Waals surface area (Å²) in [4.78, 5) is 11.9. The van der Waals surface area contributed by atoms with E-state index in [1.807, 2.05) is 6.92 Å². The van der Waals surface area contributed by atoms with E-state index < -0.39 is 0 Å². The number of aliphatic hydroxyl groups excluding tert-OH is 1. The molecule has 0 aromatic rings. The number of cyclic esters (lactones) is 1. The zero-order chi connectivity index (χ0) is 12.0. The van der Waals surface area contributed by atoms with Gasteiger partial charge in [-0.25, -0.2) is 0 Å². The first-order valence-electron chi connectivity index (χ1n) is 7.03. The highest BCUT2D eigenvalue weighted by atomic mass is 16.6. The van der Waals surface area contributed by atoms with Crippen molar-refractivity contribution < 1.29 is 14.6 Å². The molecule has 17 heavy (non-hydrogen) atoms. The molecule has 1 saturated heterocycles. The quantitative estimate of drug-likeness (QED) is 0.711. The summed E-state index contributed by atoms with van der Waals surface area (Å²) in [6, 6.07) is 0. The average Bonchev–Trinajstić information content (AvgIpc) is 2.62. The number of hydrogen-bond donors (Lipinski definition) is 1. The van der Waals surface area contributed by atoms with Crippen molar-refractivity contribution in [1.29, 1.82) is 0 Å². The Labute approximate surface area is 103 Å². The Balaban J connectivity index is 1.88. The lowest BCUT2D eigenvalue weighted by Crippen LogP contribution is -2.45. The molecular formula is C14H22O3. The van der Waals surface area contributed by atoms with Gasteiger partial charge in [0.2, 0.25) is 0 Å². The van der Waals surface area contributed by atoms with Crippen LogP contribution in [0.4, 0.5) is 0 Å². The number of esters is 1. The van der Waals surface area contributed by atoms with Crippen molar-refractivity contribution in [3.63, 3.8) is 0 Å². The van der Waals surface area contributed by atoms with Gasteiger partial charge in [0.1, 0.15) is 6.10 Å². The Morgan fingerprint density at radius 1 is 1.35 bits per heavy atom. The van der Waals surface area contributed by atoms with Gasteiger partial charge < -0.3 is 9.84 Å². The molecule has 3 heteroatoms. The van der Waals surface area contributed by atoms with E-state index in [1.165, 1.54) is 25.7 Å². The highest BCUT2D eigenvalue weighted by molar-refractivity contribution is 5.75. The van der Waals surface area contributed by atoms with E-state index >= 15 is 0 Å². The maximum absolute atomic E-state index is 11.9. The Morgan fingerprint density at radius 2 is 2.12 bits per heavy atom. The first kappa shape index (κ1) is 11.5. The first-order chi connectivity index (χ1) is 8.22. The zero-order valence-corrected chi connectivity index (χ0v) is 10.5. The molecule has 2 saturated carbocycles. The number of fused-ring (bicyclic) bond motifs is 2. The molecule has 0 bridgehead atoms. The van der Waals surface area contributed by atoms with Crippen LogP contribution in [0, 0.1) is 29.6 Å². The predicted octanol–water partition coefficient (Wildman–Crippen LogP) is 1.98. The van der Waals surface area contributed by atoms with Crippen LogP contribution in [0.25, 0.3) is 0 Å². The standard InChI is InChI=1S/C14H22O3/c1-8-13-11(14(16)17-8)6-9-4-2-3-5-10(9)12(13)7-15/h8-13,15H,2-7H2,1H3/t8-,9+,10-,11-,12+,13-/m0/s1. The molecule has 1 aliphatic heterocycles. The lowest BCUT2D eigenvalue weighted by molar-refractivity contribution is -0.144. The van der Waals surface area contributed by atoms with Gasteiger partial charge in [0, 0.05) is 12.5 Å². The summed E-state index contributed by atoms with van der Waals surface area (Å²) < 4.78 is 5.40. The normalized spacial score (nSPS) is 49.4. The third-order valence-electron chi connectivity index (χ3n) is 5.39. The Bertz CT molecular complexity index is 315. The Hall–Kier alpha value is -0.570. The number of carbonyl (C=O) groups is 1. The van der Waals surface area contributed by atoms with Gasteiger partial charge in [0.25, 0.3) is 0 Å². The van der Waals surface area contributed by atoms with E-state index in [-0.39, 0.29) is 30.5 Å². The molecule has 3 fully saturated rings. The van der Waals surface area contributed by atoms with E-state index in [2.05, 4.69) is 0 Å². The predicted molar refractivity (Wildman–Crippen MR) is 63.2 cm³/mol. The zero-order valence-electron chi connectivity index (χ0n) is 10.5. The summed E-state index contributed by atoms with van der Waals surface area (Å²) in [6.07, 6.45) is 6.08. The van der Waals surface area contributed by atoms with Crippen molar-refractivity contribution in [1.82, 2.24) is 0 Å². The molecular weight excluding hydrogens is 216 g/mol. The van der Waals surface area contributed by atoms with Gasteiger partial charge in [-0.3, -0.25) is 4.79 Å². The molecule has 0 spiro atoms. The highest BCUT2D eigenvalue weighted by Crippen LogP contribution is 2.52. The summed E-state index contributed by atoms with van der Waals surface area (Å²) in [5.74, 6) is 1.91. The maximum atomic E-state index is 11.9. The van der Waals surface area contributed by atoms with E-state index in [1.54, 1.807) is 0 Å². The second kappa shape index (κ2) is 4.27. The van der Waals surface area contributed by atoms with E-state index in [9.17, 15) is 9.90 Å². The maximum Gasteiger partial charge on any atom is 0.309 e. The largest absolute Gasteiger partial charge is 0.462 e. The molecule has 3 rings (SSSR count). The fourth-order valence-electron chi connectivity index (χ4n) is 4.69. The van der Waals surface area contributed by atoms with Crippen molar-refractivity contribution in [2.24, 2.45) is 29.6 Å². The fraction of sp³-hybridized carbons (Fsp3) is 0.929. The SMILES string of the molecule is C[C@@H]1OC(=O)[C@H]2C[C@H]3CCCC[C@@H]3[C@@H](CO)[C@@H]12. The summed E-state index contributed by atoms with van der Waals surface area (Å²) in [5, 5.41) is 9.71. The summed E-state index contributed by atoms with van der Waals surface area (Å²) in [5.41, 5.74) is 0. The van der Waals surface area contributed by atoms with Gasteiger partial charge in [-0.1, -0.05) is 19.3 Å². The van der Waals surface area contributed by atoms with Gasteiger partial charge in [0.15, 0.2) is 0 Å². The number of rotatable bonds is 1. The molecule has 96 valence electrons. The first-order valence-corrected chi connectivity index (χ1v) is 7.03. The molecule has 1 heterocycles. The topological polar surface area (TPSA) is 46.5 Å². The monoisotopic (exact) mass is 238 g/mol. The number of aliphatic hydroxyl groups is 1. The van der Waals surface area contributed by atoms with Gasteiger partial charge >= 0.3 is 5.97 Å². The molecule has 0 radical (unpaired) electrons. The summed E-state index contributed by atoms with van der Waals surface area (Å²) in [7, 11) is 0. The molecule has 0 unspecified atom stereocenters. The van der Waals surface area contributed by atoms with Crippen molar-refractivity contribution in [2.45, 2.75) is 45.1 Å². The van der Waals surface area contributed by atoms with Crippen molar-refractivity contribution in [3.8, 4) is 0 Å². The fourth-order valence-corrected chi connectivity index (χ4v) is 4.69. The molecule has 0 amide bonds. The van der Waals surface area contributed by atoms with Crippen LogP contribution in [0.2, 0.25) is 0 Å². The van der Waals surface area contributed by atoms with Crippen LogP contribution in [-0.4, -0.2) is 23.8 Å². The van der Waals surface area contributed by atoms with Crippen molar-refractivity contribution in [3.05, 3.63) is 0 Å². The molecule has 3 aliphatic rings. The molecule has 3 nitrogen and oxygen atoms in total. The Morgan fingerprint density at radius 3 is 2.88 bits per heavy atom. The van der Waals surface area contributed by atoms with Gasteiger partial charge in [-0.2, -0.15) is 0 Å². The van der Waals surface area contributed by atoms with Crippen LogP contribution in [0.15, 0.2) is 0 Å². The number of hydrogen-bond acceptors (Lipinski definition) is 3. The van der Waals surface area contributed by atoms with E-state index in [0.29, 0.717) is 17.8 Å². The molecule has 2 aliphatic carbocycles. The second-order valence-electron chi connectivity index (χ2n) is 6.12. The molecule has 0 aromatic carbocycles. The second-order valence-corrected chi connectivity index (χ2v) is 6.12. The van der Waals surface area contributed by atoms with Crippen LogP contribution in [0.5, 0.6) is 0 Å². The number of carbonyl (C=O) groups excluding carboxylic acids is 1. The van der Waals surface area contributed by atoms with Crippen LogP contribution >= 0.6 is 0 Å². The van der Waals surface area contributed by atoms with Crippen LogP contribution < -0.4 is 0 Å². The third-order valence-corrected chi connectivity index (χ3v) is 5.39. The molecule has 0 aromatic heterocycles. The summed E-state index contributed by atoms with van der Waals surface area (Å²) in [6.45, 7) is 2.22. The third kappa shape index (κ3) is 1.70. The number of ether oxygens (including phenoxy) is 1. The van der Waals surface area contributed by atoms with E-state index in [0.717, 1.165) is 6.42 Å². The lowest BCUT2D eigenvalue weighted by Gasteiger charge is -2.46. The smallest absolute Gasteiger partial charge is 0.309 e. The minimum Gasteiger partial charge on any atom is -0.462 e. The summed E-state index contributed by atoms with van der Waals surface area (Å²) >= 11 is 0. The molecule has 1 N–H and O–H groups in total. The van der Waals surface area contributed by atoms with Crippen LogP contribution in [0.1, 0.15) is 39.0 Å². The van der Waals surface area contributed by atoms with Gasteiger partial charge in [0.05, 0.1) is 5.92 Å². The average molecular weight is 238 g/mol. The van der Waals surface area contributed by atoms with Crippen molar-refractivity contribution >= 4 is 5.97 Å². The van der Waals surface area contributed by atoms with Gasteiger partial charge in [-0.15, -0.1) is 0 Å². The van der Waals surface area contributed by atoms with Crippen molar-refractivity contribution in [2.75, 3.05) is 6.61 Å². The van der Waals surface area contributed by atoms with Crippen LogP contribution in [-0.2, 0) is 9.53 Å². The Kier molecular flexibility index (Phi) is 2.89. The minimum atomic E-state index is -0.00928. The highest BCUT2D eigenvalue weighted by Gasteiger charge is 2.54. The van der Waals surface area contributed by atoms with Gasteiger partial charge in [-0.05, 0) is 37.5 Å². The van der Waals surface area contributed by atoms with E-state index in [4.69, 9.17) is 4.74 Å².